The maximum Gasteiger partial charge on any atom is 0.233 e. The van der Waals surface area contributed by atoms with Crippen molar-refractivity contribution >= 4 is 27.5 Å². The second-order valence-corrected chi connectivity index (χ2v) is 9.54. The van der Waals surface area contributed by atoms with Crippen LogP contribution in [-0.4, -0.2) is 44.5 Å². The number of carbonyl (C=O) groups excluding carboxylic acids is 1. The Hall–Kier alpha value is -1.05. The van der Waals surface area contributed by atoms with E-state index >= 15 is 0 Å². The van der Waals surface area contributed by atoms with Crippen molar-refractivity contribution in [1.82, 2.24) is 10.6 Å². The number of hydrogen-bond acceptors (Lipinski definition) is 5. The highest BCUT2D eigenvalue weighted by atomic mass is 32.2. The Kier molecular flexibility index (Phi) is 7.13. The molecule has 2 rings (SSSR count). The van der Waals surface area contributed by atoms with Crippen LogP contribution < -0.4 is 10.6 Å². The summed E-state index contributed by atoms with van der Waals surface area (Å²) in [7, 11) is -3.30. The molecule has 1 aliphatic rings. The number of piperidine rings is 1. The lowest BCUT2D eigenvalue weighted by atomic mass is 10.1. The monoisotopic (exact) mass is 370 g/mol. The molecule has 2 N–H and O–H groups in total. The minimum Gasteiger partial charge on any atom is -0.351 e. The lowest BCUT2D eigenvalue weighted by Gasteiger charge is -2.25. The Balaban J connectivity index is 2.06. The van der Waals surface area contributed by atoms with Crippen LogP contribution in [0.4, 0.5) is 0 Å². The Morgan fingerprint density at radius 3 is 2.83 bits per heavy atom. The molecule has 2 atom stereocenters. The van der Waals surface area contributed by atoms with Crippen LogP contribution in [0.15, 0.2) is 34.1 Å². The minimum absolute atomic E-state index is 0.0450. The molecule has 0 saturated carbocycles. The van der Waals surface area contributed by atoms with Crippen molar-refractivity contribution in [2.75, 3.05) is 18.8 Å². The van der Waals surface area contributed by atoms with Gasteiger partial charge in [-0.05, 0) is 44.9 Å². The van der Waals surface area contributed by atoms with Gasteiger partial charge in [-0.3, -0.25) is 4.79 Å². The molecule has 7 heteroatoms. The van der Waals surface area contributed by atoms with Crippen molar-refractivity contribution in [1.29, 1.82) is 0 Å². The van der Waals surface area contributed by atoms with Gasteiger partial charge in [0.2, 0.25) is 5.91 Å². The maximum absolute atomic E-state index is 12.4. The first-order chi connectivity index (χ1) is 11.4. The van der Waals surface area contributed by atoms with Crippen molar-refractivity contribution < 1.29 is 13.2 Å². The summed E-state index contributed by atoms with van der Waals surface area (Å²) in [5.74, 6) is 0.0789. The number of rotatable bonds is 7. The number of hydrogen-bond donors (Lipinski definition) is 2. The summed E-state index contributed by atoms with van der Waals surface area (Å²) in [6.45, 7) is 5.46. The van der Waals surface area contributed by atoms with Gasteiger partial charge in [0.05, 0.1) is 15.9 Å². The van der Waals surface area contributed by atoms with Crippen LogP contribution in [0, 0.1) is 0 Å². The Labute approximate surface area is 148 Å². The van der Waals surface area contributed by atoms with Crippen LogP contribution in [0.5, 0.6) is 0 Å². The predicted molar refractivity (Wildman–Crippen MR) is 98.1 cm³/mol. The second-order valence-electron chi connectivity index (χ2n) is 6.08. The third-order valence-electron chi connectivity index (χ3n) is 3.97. The molecule has 1 aromatic rings. The van der Waals surface area contributed by atoms with Crippen molar-refractivity contribution in [2.24, 2.45) is 0 Å². The summed E-state index contributed by atoms with van der Waals surface area (Å²) < 4.78 is 24.8. The molecular weight excluding hydrogens is 344 g/mol. The third kappa shape index (κ3) is 5.22. The number of benzene rings is 1. The molecule has 0 radical (unpaired) electrons. The van der Waals surface area contributed by atoms with Gasteiger partial charge in [-0.15, -0.1) is 11.8 Å². The second kappa shape index (κ2) is 8.87. The van der Waals surface area contributed by atoms with Crippen molar-refractivity contribution in [3.05, 3.63) is 24.3 Å². The zero-order valence-electron chi connectivity index (χ0n) is 14.2. The van der Waals surface area contributed by atoms with Crippen LogP contribution in [0.1, 0.15) is 33.1 Å². The molecule has 0 spiro atoms. The van der Waals surface area contributed by atoms with Crippen molar-refractivity contribution in [2.45, 2.75) is 54.2 Å². The van der Waals surface area contributed by atoms with E-state index in [2.05, 4.69) is 10.6 Å². The maximum atomic E-state index is 12.4. The highest BCUT2D eigenvalue weighted by Crippen LogP contribution is 2.30. The first kappa shape index (κ1) is 19.3. The zero-order valence-corrected chi connectivity index (χ0v) is 15.9. The molecule has 134 valence electrons. The van der Waals surface area contributed by atoms with E-state index in [0.717, 1.165) is 25.9 Å². The molecule has 1 saturated heterocycles. The van der Waals surface area contributed by atoms with E-state index in [1.165, 1.54) is 11.8 Å². The van der Waals surface area contributed by atoms with E-state index in [0.29, 0.717) is 16.2 Å². The number of thioether (sulfide) groups is 1. The van der Waals surface area contributed by atoms with Gasteiger partial charge in [0.1, 0.15) is 0 Å². The van der Waals surface area contributed by atoms with Gasteiger partial charge in [0.25, 0.3) is 0 Å². The largest absolute Gasteiger partial charge is 0.351 e. The SMILES string of the molecule is CCCS(=O)(=O)c1ccccc1SC(C)C(=O)N[C@H]1CCCNC1. The van der Waals surface area contributed by atoms with E-state index in [-0.39, 0.29) is 23.0 Å². The topological polar surface area (TPSA) is 75.3 Å². The fourth-order valence-corrected chi connectivity index (χ4v) is 5.56. The fraction of sp³-hybridized carbons (Fsp3) is 0.588. The van der Waals surface area contributed by atoms with Gasteiger partial charge in [0.15, 0.2) is 9.84 Å². The smallest absolute Gasteiger partial charge is 0.233 e. The lowest BCUT2D eigenvalue weighted by molar-refractivity contribution is -0.121. The summed E-state index contributed by atoms with van der Waals surface area (Å²) >= 11 is 1.31. The van der Waals surface area contributed by atoms with E-state index in [4.69, 9.17) is 0 Å². The average Bonchev–Trinajstić information content (AvgIpc) is 2.56. The van der Waals surface area contributed by atoms with Gasteiger partial charge in [0, 0.05) is 17.5 Å². The molecule has 1 fully saturated rings. The summed E-state index contributed by atoms with van der Waals surface area (Å²) in [5.41, 5.74) is 0. The lowest BCUT2D eigenvalue weighted by Crippen LogP contribution is -2.47. The summed E-state index contributed by atoms with van der Waals surface area (Å²) in [6.07, 6.45) is 2.62. The van der Waals surface area contributed by atoms with E-state index < -0.39 is 9.84 Å². The normalized spacial score (nSPS) is 19.7. The molecular formula is C17H26N2O3S2. The van der Waals surface area contributed by atoms with Crippen LogP contribution in [0.3, 0.4) is 0 Å². The molecule has 1 heterocycles. The average molecular weight is 371 g/mol. The van der Waals surface area contributed by atoms with Gasteiger partial charge in [-0.25, -0.2) is 8.42 Å². The number of nitrogens with one attached hydrogen (secondary N) is 2. The quantitative estimate of drug-likeness (QED) is 0.720. The molecule has 1 aromatic carbocycles. The summed E-state index contributed by atoms with van der Waals surface area (Å²) in [4.78, 5) is 13.4. The van der Waals surface area contributed by atoms with Crippen molar-refractivity contribution in [3.63, 3.8) is 0 Å². The molecule has 24 heavy (non-hydrogen) atoms. The zero-order chi connectivity index (χ0) is 17.6. The molecule has 0 aromatic heterocycles. The van der Waals surface area contributed by atoms with Gasteiger partial charge in [-0.1, -0.05) is 19.1 Å². The van der Waals surface area contributed by atoms with Crippen molar-refractivity contribution in [3.8, 4) is 0 Å². The standard InChI is InChI=1S/C17H26N2O3S2/c1-3-11-24(21,22)16-9-5-4-8-15(16)23-13(2)17(20)19-14-7-6-10-18-12-14/h4-5,8-9,13-14,18H,3,6-7,10-12H2,1-2H3,(H,19,20)/t13?,14-/m0/s1. The third-order valence-corrected chi connectivity index (χ3v) is 7.25. The number of sulfone groups is 1. The van der Waals surface area contributed by atoms with Crippen LogP contribution in [0.2, 0.25) is 0 Å². The molecule has 1 unspecified atom stereocenters. The predicted octanol–water partition coefficient (Wildman–Crippen LogP) is 2.22. The number of amides is 1. The Bertz CT molecular complexity index is 656. The molecule has 0 aliphatic carbocycles. The van der Waals surface area contributed by atoms with Gasteiger partial charge < -0.3 is 10.6 Å². The van der Waals surface area contributed by atoms with Crippen LogP contribution in [0.25, 0.3) is 0 Å². The van der Waals surface area contributed by atoms with Crippen LogP contribution >= 0.6 is 11.8 Å². The number of carbonyl (C=O) groups is 1. The van der Waals surface area contributed by atoms with Crippen LogP contribution in [-0.2, 0) is 14.6 Å². The fourth-order valence-electron chi connectivity index (χ4n) is 2.72. The summed E-state index contributed by atoms with van der Waals surface area (Å²) in [5, 5.41) is 5.98. The van der Waals surface area contributed by atoms with E-state index in [1.54, 1.807) is 18.2 Å². The molecule has 1 amide bonds. The highest BCUT2D eigenvalue weighted by Gasteiger charge is 2.23. The highest BCUT2D eigenvalue weighted by molar-refractivity contribution is 8.01. The molecule has 0 bridgehead atoms. The minimum atomic E-state index is -3.30. The summed E-state index contributed by atoms with van der Waals surface area (Å²) in [6, 6.07) is 7.10. The molecule has 1 aliphatic heterocycles. The first-order valence-corrected chi connectivity index (χ1v) is 11.0. The van der Waals surface area contributed by atoms with E-state index in [9.17, 15) is 13.2 Å². The van der Waals surface area contributed by atoms with Gasteiger partial charge >= 0.3 is 0 Å². The molecule has 5 nitrogen and oxygen atoms in total. The first-order valence-electron chi connectivity index (χ1n) is 8.43. The van der Waals surface area contributed by atoms with Gasteiger partial charge in [-0.2, -0.15) is 0 Å². The Morgan fingerprint density at radius 1 is 1.42 bits per heavy atom. The Morgan fingerprint density at radius 2 is 2.17 bits per heavy atom. The van der Waals surface area contributed by atoms with E-state index in [1.807, 2.05) is 19.9 Å².